The van der Waals surface area contributed by atoms with Crippen molar-refractivity contribution in [1.82, 2.24) is 10.2 Å². The Balaban J connectivity index is 1.80. The zero-order chi connectivity index (χ0) is 25.7. The number of carbonyl (C=O) groups excluding carboxylic acids is 1. The first-order chi connectivity index (χ1) is 16.5. The molecule has 4 rings (SSSR count). The molecule has 0 saturated carbocycles. The summed E-state index contributed by atoms with van der Waals surface area (Å²) in [6, 6.07) is 6.55. The molecule has 11 heteroatoms. The number of hydrogen-bond acceptors (Lipinski definition) is 6. The highest BCUT2D eigenvalue weighted by Gasteiger charge is 2.47. The summed E-state index contributed by atoms with van der Waals surface area (Å²) in [5, 5.41) is 21.8. The lowest BCUT2D eigenvalue weighted by atomic mass is 9.94. The minimum atomic E-state index is -3.71. The van der Waals surface area contributed by atoms with Crippen LogP contribution >= 0.6 is 22.6 Å². The van der Waals surface area contributed by atoms with Crippen molar-refractivity contribution in [3.05, 3.63) is 58.5 Å². The van der Waals surface area contributed by atoms with Crippen LogP contribution in [0.5, 0.6) is 0 Å². The molecule has 1 unspecified atom stereocenters. The summed E-state index contributed by atoms with van der Waals surface area (Å²) in [6.07, 6.45) is 0. The maximum atomic E-state index is 15.0. The third kappa shape index (κ3) is 4.12. The maximum Gasteiger partial charge on any atom is 0.298 e. The summed E-state index contributed by atoms with van der Waals surface area (Å²) in [5.74, 6) is -4.71. The van der Waals surface area contributed by atoms with Crippen molar-refractivity contribution in [1.29, 1.82) is 0 Å². The lowest BCUT2D eigenvalue weighted by Crippen LogP contribution is -2.38. The highest BCUT2D eigenvalue weighted by Crippen LogP contribution is 2.45. The molecule has 2 aromatic carbocycles. The van der Waals surface area contributed by atoms with Crippen molar-refractivity contribution in [2.45, 2.75) is 38.3 Å². The number of hydrogen-bond donors (Lipinski definition) is 2. The number of alkyl halides is 3. The molecule has 0 spiro atoms. The van der Waals surface area contributed by atoms with Gasteiger partial charge in [0, 0.05) is 28.9 Å². The minimum absolute atomic E-state index is 0.0115. The highest BCUT2D eigenvalue weighted by atomic mass is 127. The van der Waals surface area contributed by atoms with Gasteiger partial charge < -0.3 is 20.1 Å². The molecule has 186 valence electrons. The Labute approximate surface area is 213 Å². The van der Waals surface area contributed by atoms with Gasteiger partial charge in [-0.2, -0.15) is 13.9 Å². The van der Waals surface area contributed by atoms with Crippen molar-refractivity contribution in [2.75, 3.05) is 28.5 Å². The SMILES string of the molecule is Cc1nnc(N[C@H](C)c2cccc(C(F)(F)CO)c2F)c2cc3c(cc12)C(C)(OCI)C(=O)N3C. The number of aromatic nitrogens is 2. The van der Waals surface area contributed by atoms with Crippen LogP contribution in [0, 0.1) is 12.7 Å². The van der Waals surface area contributed by atoms with Crippen molar-refractivity contribution in [3.63, 3.8) is 0 Å². The first-order valence-corrected chi connectivity index (χ1v) is 12.3. The average Bonchev–Trinajstić information content (AvgIpc) is 3.01. The summed E-state index contributed by atoms with van der Waals surface area (Å²) in [7, 11) is 1.66. The molecule has 0 bridgehead atoms. The van der Waals surface area contributed by atoms with Crippen LogP contribution in [0.3, 0.4) is 0 Å². The van der Waals surface area contributed by atoms with Crippen LogP contribution in [0.25, 0.3) is 10.8 Å². The van der Waals surface area contributed by atoms with Crippen LogP contribution in [0.2, 0.25) is 0 Å². The largest absolute Gasteiger partial charge is 0.390 e. The van der Waals surface area contributed by atoms with Gasteiger partial charge in [0.15, 0.2) is 11.4 Å². The van der Waals surface area contributed by atoms with E-state index in [1.165, 1.54) is 17.0 Å². The van der Waals surface area contributed by atoms with Crippen LogP contribution in [0.4, 0.5) is 24.7 Å². The lowest BCUT2D eigenvalue weighted by molar-refractivity contribution is -0.137. The molecule has 2 N–H and O–H groups in total. The first kappa shape index (κ1) is 25.6. The Morgan fingerprint density at radius 3 is 2.66 bits per heavy atom. The van der Waals surface area contributed by atoms with Gasteiger partial charge in [0.2, 0.25) is 0 Å². The van der Waals surface area contributed by atoms with Gasteiger partial charge in [0.25, 0.3) is 11.8 Å². The molecule has 1 aliphatic heterocycles. The first-order valence-electron chi connectivity index (χ1n) is 10.8. The number of benzene rings is 2. The quantitative estimate of drug-likeness (QED) is 0.296. The standard InChI is InChI=1S/C24H24F3IN4O3/c1-12(14-6-5-7-17(20(14)25)24(26,27)10-33)29-21-16-9-19-18(8-15(16)13(2)30-31-21)23(3,35-11-28)22(34)32(19)4/h5-9,12,33H,10-11H2,1-4H3,(H,29,31)/t12-,23?/m1/s1. The Morgan fingerprint density at radius 1 is 1.29 bits per heavy atom. The van der Waals surface area contributed by atoms with E-state index in [2.05, 4.69) is 15.5 Å². The normalized spacial score (nSPS) is 18.8. The van der Waals surface area contributed by atoms with Crippen molar-refractivity contribution in [3.8, 4) is 0 Å². The molecular weight excluding hydrogens is 576 g/mol. The highest BCUT2D eigenvalue weighted by molar-refractivity contribution is 14.1. The van der Waals surface area contributed by atoms with Gasteiger partial charge in [0.1, 0.15) is 12.4 Å². The summed E-state index contributed by atoms with van der Waals surface area (Å²) >= 11 is 2.05. The molecule has 0 fully saturated rings. The number of amides is 1. The summed E-state index contributed by atoms with van der Waals surface area (Å²) in [4.78, 5) is 14.5. The van der Waals surface area contributed by atoms with E-state index in [1.54, 1.807) is 33.9 Å². The van der Waals surface area contributed by atoms with Crippen LogP contribution in [-0.4, -0.2) is 39.5 Å². The van der Waals surface area contributed by atoms with Gasteiger partial charge in [-0.15, -0.1) is 5.10 Å². The Bertz CT molecular complexity index is 1320. The molecule has 1 aromatic heterocycles. The molecular formula is C24H24F3IN4O3. The fourth-order valence-corrected chi connectivity index (χ4v) is 5.03. The Morgan fingerprint density at radius 2 is 2.00 bits per heavy atom. The summed E-state index contributed by atoms with van der Waals surface area (Å²) < 4.78 is 49.2. The average molecular weight is 600 g/mol. The van der Waals surface area contributed by atoms with Crippen LogP contribution < -0.4 is 10.2 Å². The molecule has 2 heterocycles. The number of fused-ring (bicyclic) bond motifs is 2. The van der Waals surface area contributed by atoms with Crippen molar-refractivity contribution < 1.29 is 27.8 Å². The summed E-state index contributed by atoms with van der Waals surface area (Å²) in [5.41, 5.74) is -0.0583. The number of aliphatic hydroxyl groups is 1. The monoisotopic (exact) mass is 600 g/mol. The predicted molar refractivity (Wildman–Crippen MR) is 134 cm³/mol. The van der Waals surface area contributed by atoms with E-state index in [1.807, 2.05) is 28.7 Å². The fraction of sp³-hybridized carbons (Fsp3) is 0.375. The minimum Gasteiger partial charge on any atom is -0.390 e. The van der Waals surface area contributed by atoms with Gasteiger partial charge in [-0.25, -0.2) is 4.39 Å². The number of ether oxygens (including phenoxy) is 1. The van der Waals surface area contributed by atoms with E-state index in [-0.39, 0.29) is 11.5 Å². The Hall–Kier alpha value is -2.51. The molecule has 0 saturated heterocycles. The fourth-order valence-electron chi connectivity index (χ4n) is 4.41. The molecule has 7 nitrogen and oxygen atoms in total. The number of likely N-dealkylation sites (N-methyl/N-ethyl adjacent to an activating group) is 1. The number of aryl methyl sites for hydroxylation is 1. The predicted octanol–water partition coefficient (Wildman–Crippen LogP) is 4.94. The molecule has 0 aliphatic carbocycles. The number of halogens is 4. The van der Waals surface area contributed by atoms with Crippen LogP contribution in [0.1, 0.15) is 42.3 Å². The number of nitrogens with zero attached hydrogens (tertiary/aromatic N) is 3. The summed E-state index contributed by atoms with van der Waals surface area (Å²) in [6.45, 7) is 3.62. The van der Waals surface area contributed by atoms with Gasteiger partial charge in [-0.05, 0) is 39.0 Å². The number of rotatable bonds is 7. The molecule has 3 aromatic rings. The molecule has 0 radical (unpaired) electrons. The van der Waals surface area contributed by atoms with E-state index in [0.717, 1.165) is 11.5 Å². The Kier molecular flexibility index (Phi) is 6.70. The van der Waals surface area contributed by atoms with Crippen LogP contribution in [-0.2, 0) is 21.1 Å². The van der Waals surface area contributed by atoms with E-state index in [0.29, 0.717) is 32.8 Å². The van der Waals surface area contributed by atoms with Gasteiger partial charge in [0.05, 0.1) is 27.6 Å². The second-order valence-electron chi connectivity index (χ2n) is 8.64. The zero-order valence-electron chi connectivity index (χ0n) is 19.5. The lowest BCUT2D eigenvalue weighted by Gasteiger charge is -2.23. The smallest absolute Gasteiger partial charge is 0.298 e. The number of anilines is 2. The number of aliphatic hydroxyl groups excluding tert-OH is 1. The van der Waals surface area contributed by atoms with E-state index >= 15 is 0 Å². The third-order valence-electron chi connectivity index (χ3n) is 6.45. The maximum absolute atomic E-state index is 15.0. The second-order valence-corrected chi connectivity index (χ2v) is 9.26. The molecule has 2 atom stereocenters. The second kappa shape index (κ2) is 9.17. The van der Waals surface area contributed by atoms with Gasteiger partial charge in [-0.1, -0.05) is 34.7 Å². The van der Waals surface area contributed by atoms with E-state index < -0.39 is 35.6 Å². The van der Waals surface area contributed by atoms with Gasteiger partial charge >= 0.3 is 0 Å². The van der Waals surface area contributed by atoms with Gasteiger partial charge in [-0.3, -0.25) is 4.79 Å². The molecule has 1 amide bonds. The topological polar surface area (TPSA) is 87.6 Å². The zero-order valence-corrected chi connectivity index (χ0v) is 21.7. The number of nitrogens with one attached hydrogen (secondary N) is 1. The molecule has 35 heavy (non-hydrogen) atoms. The van der Waals surface area contributed by atoms with E-state index in [4.69, 9.17) is 9.84 Å². The van der Waals surface area contributed by atoms with Crippen molar-refractivity contribution >= 4 is 50.8 Å². The van der Waals surface area contributed by atoms with Crippen LogP contribution in [0.15, 0.2) is 30.3 Å². The van der Waals surface area contributed by atoms with E-state index in [9.17, 15) is 18.0 Å². The molecule has 1 aliphatic rings. The van der Waals surface area contributed by atoms with Crippen molar-refractivity contribution in [2.24, 2.45) is 0 Å². The number of carbonyl (C=O) groups is 1. The third-order valence-corrected chi connectivity index (χ3v) is 6.76.